The third-order valence-corrected chi connectivity index (χ3v) is 1.70. The second kappa shape index (κ2) is 4.36. The van der Waals surface area contributed by atoms with Crippen molar-refractivity contribution in [2.24, 2.45) is 0 Å². The Morgan fingerprint density at radius 2 is 2.00 bits per heavy atom. The van der Waals surface area contributed by atoms with Crippen LogP contribution in [0.3, 0.4) is 0 Å². The van der Waals surface area contributed by atoms with E-state index in [1.807, 2.05) is 0 Å². The molecule has 1 aromatic heterocycles. The zero-order valence-corrected chi connectivity index (χ0v) is 7.60. The lowest BCUT2D eigenvalue weighted by molar-refractivity contribution is 0.0945. The molecule has 1 heterocycles. The molecule has 2 N–H and O–H groups in total. The van der Waals surface area contributed by atoms with Gasteiger partial charge in [0.05, 0.1) is 6.04 Å². The minimum Gasteiger partial charge on any atom is -0.465 e. The molecule has 0 aliphatic rings. The van der Waals surface area contributed by atoms with E-state index in [1.54, 1.807) is 12.1 Å². The summed E-state index contributed by atoms with van der Waals surface area (Å²) in [7, 11) is 0. The van der Waals surface area contributed by atoms with Gasteiger partial charge in [-0.3, -0.25) is 9.78 Å². The lowest BCUT2D eigenvalue weighted by atomic mass is 10.1. The van der Waals surface area contributed by atoms with E-state index in [-0.39, 0.29) is 5.78 Å². The summed E-state index contributed by atoms with van der Waals surface area (Å²) in [4.78, 5) is 25.6. The monoisotopic (exact) mass is 194 g/mol. The number of hydrogen-bond acceptors (Lipinski definition) is 3. The number of ketones is 1. The maximum atomic E-state index is 11.5. The summed E-state index contributed by atoms with van der Waals surface area (Å²) in [6.07, 6.45) is 1.77. The van der Waals surface area contributed by atoms with Crippen LogP contribution in [0.4, 0.5) is 4.79 Å². The van der Waals surface area contributed by atoms with Gasteiger partial charge in [0, 0.05) is 18.0 Å². The maximum absolute atomic E-state index is 11.5. The minimum atomic E-state index is -1.21. The van der Waals surface area contributed by atoms with E-state index in [9.17, 15) is 9.59 Å². The average molecular weight is 194 g/mol. The van der Waals surface area contributed by atoms with Crippen molar-refractivity contribution in [3.8, 4) is 0 Å². The van der Waals surface area contributed by atoms with E-state index in [0.717, 1.165) is 0 Å². The van der Waals surface area contributed by atoms with Crippen molar-refractivity contribution in [2.75, 3.05) is 0 Å². The van der Waals surface area contributed by atoms with Crippen molar-refractivity contribution < 1.29 is 14.7 Å². The number of hydrogen-bond donors (Lipinski definition) is 2. The van der Waals surface area contributed by atoms with Crippen molar-refractivity contribution in [1.29, 1.82) is 0 Å². The molecule has 1 aromatic rings. The zero-order chi connectivity index (χ0) is 10.6. The molecule has 0 unspecified atom stereocenters. The Labute approximate surface area is 80.8 Å². The highest BCUT2D eigenvalue weighted by molar-refractivity contribution is 6.00. The number of nitrogens with one attached hydrogen (secondary N) is 1. The van der Waals surface area contributed by atoms with Gasteiger partial charge in [0.2, 0.25) is 0 Å². The summed E-state index contributed by atoms with van der Waals surface area (Å²) >= 11 is 0. The van der Waals surface area contributed by atoms with Gasteiger partial charge in [0.1, 0.15) is 0 Å². The Morgan fingerprint density at radius 3 is 2.50 bits per heavy atom. The first-order chi connectivity index (χ1) is 6.61. The van der Waals surface area contributed by atoms with Crippen molar-refractivity contribution in [3.05, 3.63) is 30.1 Å². The molecule has 0 aromatic carbocycles. The normalized spacial score (nSPS) is 11.8. The number of carbonyl (C=O) groups is 2. The largest absolute Gasteiger partial charge is 0.465 e. The van der Waals surface area contributed by atoms with Crippen LogP contribution >= 0.6 is 0 Å². The Morgan fingerprint density at radius 1 is 1.43 bits per heavy atom. The lowest BCUT2D eigenvalue weighted by Crippen LogP contribution is -2.37. The molecule has 74 valence electrons. The molecule has 1 atom stereocenters. The fraction of sp³-hybridized carbons (Fsp3) is 0.222. The average Bonchev–Trinajstić information content (AvgIpc) is 2.17. The van der Waals surface area contributed by atoms with Gasteiger partial charge in [0.25, 0.3) is 0 Å². The van der Waals surface area contributed by atoms with Gasteiger partial charge in [-0.25, -0.2) is 4.79 Å². The van der Waals surface area contributed by atoms with Crippen LogP contribution in [-0.4, -0.2) is 28.0 Å². The van der Waals surface area contributed by atoms with Crippen LogP contribution in [0, 0.1) is 0 Å². The molecule has 5 nitrogen and oxygen atoms in total. The summed E-state index contributed by atoms with van der Waals surface area (Å²) in [6.45, 7) is 1.50. The minimum absolute atomic E-state index is 0.269. The topological polar surface area (TPSA) is 79.3 Å². The van der Waals surface area contributed by atoms with Crippen LogP contribution in [0.5, 0.6) is 0 Å². The smallest absolute Gasteiger partial charge is 0.405 e. The predicted octanol–water partition coefficient (Wildman–Crippen LogP) is 0.920. The van der Waals surface area contributed by atoms with Crippen LogP contribution in [0.15, 0.2) is 24.5 Å². The number of rotatable bonds is 3. The maximum Gasteiger partial charge on any atom is 0.405 e. The summed E-state index contributed by atoms with van der Waals surface area (Å²) in [5.74, 6) is -0.269. The molecule has 0 aliphatic heterocycles. The first kappa shape index (κ1) is 10.2. The van der Waals surface area contributed by atoms with Gasteiger partial charge in [-0.1, -0.05) is 0 Å². The van der Waals surface area contributed by atoms with Gasteiger partial charge < -0.3 is 10.4 Å². The van der Waals surface area contributed by atoms with E-state index >= 15 is 0 Å². The third-order valence-electron chi connectivity index (χ3n) is 1.70. The Balaban J connectivity index is 2.71. The fourth-order valence-corrected chi connectivity index (χ4v) is 1.02. The SMILES string of the molecule is C[C@H](NC(=O)O)C(=O)c1ccncc1. The molecule has 0 spiro atoms. The number of carbonyl (C=O) groups excluding carboxylic acids is 1. The fourth-order valence-electron chi connectivity index (χ4n) is 1.02. The Hall–Kier alpha value is -1.91. The van der Waals surface area contributed by atoms with Crippen LogP contribution in [-0.2, 0) is 0 Å². The third kappa shape index (κ3) is 2.55. The van der Waals surface area contributed by atoms with Crippen LogP contribution in [0.1, 0.15) is 17.3 Å². The summed E-state index contributed by atoms with van der Waals surface area (Å²) in [5.41, 5.74) is 0.446. The number of aromatic nitrogens is 1. The highest BCUT2D eigenvalue weighted by atomic mass is 16.4. The van der Waals surface area contributed by atoms with Gasteiger partial charge in [-0.15, -0.1) is 0 Å². The van der Waals surface area contributed by atoms with E-state index in [1.165, 1.54) is 19.3 Å². The van der Waals surface area contributed by atoms with Crippen LogP contribution < -0.4 is 5.32 Å². The molecule has 14 heavy (non-hydrogen) atoms. The summed E-state index contributed by atoms with van der Waals surface area (Å²) in [5, 5.41) is 10.5. The molecule has 0 aliphatic carbocycles. The molecular formula is C9H10N2O3. The zero-order valence-electron chi connectivity index (χ0n) is 7.60. The molecule has 1 amide bonds. The number of Topliss-reactive ketones (excluding diaryl/α,β-unsaturated/α-hetero) is 1. The van der Waals surface area contributed by atoms with Crippen molar-refractivity contribution >= 4 is 11.9 Å². The van der Waals surface area contributed by atoms with E-state index in [4.69, 9.17) is 5.11 Å². The second-order valence-corrected chi connectivity index (χ2v) is 2.77. The molecule has 0 radical (unpaired) electrons. The van der Waals surface area contributed by atoms with Crippen molar-refractivity contribution in [1.82, 2.24) is 10.3 Å². The van der Waals surface area contributed by atoms with E-state index in [2.05, 4.69) is 10.3 Å². The molecule has 0 fully saturated rings. The molecular weight excluding hydrogens is 184 g/mol. The first-order valence-electron chi connectivity index (χ1n) is 4.05. The van der Waals surface area contributed by atoms with E-state index in [0.29, 0.717) is 5.56 Å². The van der Waals surface area contributed by atoms with Gasteiger partial charge in [0.15, 0.2) is 5.78 Å². The van der Waals surface area contributed by atoms with Crippen LogP contribution in [0.2, 0.25) is 0 Å². The van der Waals surface area contributed by atoms with Crippen molar-refractivity contribution in [3.63, 3.8) is 0 Å². The standard InChI is InChI=1S/C9H10N2O3/c1-6(11-9(13)14)8(12)7-2-4-10-5-3-7/h2-6,11H,1H3,(H,13,14)/t6-/m0/s1. The second-order valence-electron chi connectivity index (χ2n) is 2.77. The molecule has 0 saturated carbocycles. The number of nitrogens with zero attached hydrogens (tertiary/aromatic N) is 1. The number of amides is 1. The lowest BCUT2D eigenvalue weighted by Gasteiger charge is -2.09. The van der Waals surface area contributed by atoms with E-state index < -0.39 is 12.1 Å². The Kier molecular flexibility index (Phi) is 3.17. The van der Waals surface area contributed by atoms with Crippen molar-refractivity contribution in [2.45, 2.75) is 13.0 Å². The number of carboxylic acid groups (broad SMARTS) is 1. The molecule has 0 saturated heterocycles. The first-order valence-corrected chi connectivity index (χ1v) is 4.05. The van der Waals surface area contributed by atoms with Gasteiger partial charge in [-0.05, 0) is 19.1 Å². The van der Waals surface area contributed by atoms with Gasteiger partial charge >= 0.3 is 6.09 Å². The molecule has 5 heteroatoms. The quantitative estimate of drug-likeness (QED) is 0.701. The van der Waals surface area contributed by atoms with Crippen LogP contribution in [0.25, 0.3) is 0 Å². The Bertz CT molecular complexity index is 337. The summed E-state index contributed by atoms with van der Waals surface area (Å²) in [6, 6.07) is 2.35. The van der Waals surface area contributed by atoms with Gasteiger partial charge in [-0.2, -0.15) is 0 Å². The highest BCUT2D eigenvalue weighted by Gasteiger charge is 2.16. The molecule has 0 bridgehead atoms. The molecule has 1 rings (SSSR count). The predicted molar refractivity (Wildman–Crippen MR) is 49.2 cm³/mol. The summed E-state index contributed by atoms with van der Waals surface area (Å²) < 4.78 is 0. The number of pyridine rings is 1. The highest BCUT2D eigenvalue weighted by Crippen LogP contribution is 2.01.